The number of halogens is 2. The van der Waals surface area contributed by atoms with E-state index in [4.69, 9.17) is 4.74 Å². The highest BCUT2D eigenvalue weighted by Gasteiger charge is 2.29. The fourth-order valence-electron chi connectivity index (χ4n) is 3.85. The molecule has 2 saturated heterocycles. The first-order chi connectivity index (χ1) is 11.1. The van der Waals surface area contributed by atoms with Crippen LogP contribution in [0.4, 0.5) is 8.78 Å². The Morgan fingerprint density at radius 1 is 1.17 bits per heavy atom. The number of nitrogens with zero attached hydrogens (tertiary/aromatic N) is 2. The average Bonchev–Trinajstić information content (AvgIpc) is 2.98. The second-order valence-corrected chi connectivity index (χ2v) is 6.84. The Hall–Kier alpha value is -1.04. The lowest BCUT2D eigenvalue weighted by molar-refractivity contribution is 0.0286. The van der Waals surface area contributed by atoms with Crippen molar-refractivity contribution >= 4 is 0 Å². The van der Waals surface area contributed by atoms with Crippen LogP contribution in [-0.2, 0) is 4.74 Å². The molecule has 5 heteroatoms. The molecule has 0 aromatic heterocycles. The number of benzene rings is 1. The topological polar surface area (TPSA) is 15.7 Å². The SMILES string of the molecule is CC(CN1CCOCC1)CN1CCC[C@@H]1c1cc(F)ccc1F. The fourth-order valence-corrected chi connectivity index (χ4v) is 3.85. The second kappa shape index (κ2) is 7.69. The van der Waals surface area contributed by atoms with E-state index in [1.54, 1.807) is 0 Å². The molecule has 0 saturated carbocycles. The van der Waals surface area contributed by atoms with Crippen LogP contribution < -0.4 is 0 Å². The third kappa shape index (κ3) is 4.28. The molecular weight excluding hydrogens is 298 g/mol. The van der Waals surface area contributed by atoms with E-state index in [-0.39, 0.29) is 17.7 Å². The van der Waals surface area contributed by atoms with Crippen LogP contribution in [-0.4, -0.2) is 55.7 Å². The van der Waals surface area contributed by atoms with Crippen molar-refractivity contribution in [2.75, 3.05) is 45.9 Å². The normalized spacial score (nSPS) is 24.9. The summed E-state index contributed by atoms with van der Waals surface area (Å²) in [7, 11) is 0. The van der Waals surface area contributed by atoms with Crippen LogP contribution in [0.2, 0.25) is 0 Å². The van der Waals surface area contributed by atoms with Gasteiger partial charge in [-0.1, -0.05) is 6.92 Å². The first-order valence-corrected chi connectivity index (χ1v) is 8.62. The largest absolute Gasteiger partial charge is 0.379 e. The van der Waals surface area contributed by atoms with Crippen molar-refractivity contribution in [2.24, 2.45) is 5.92 Å². The molecule has 2 fully saturated rings. The molecule has 1 unspecified atom stereocenters. The maximum atomic E-state index is 14.1. The van der Waals surface area contributed by atoms with E-state index in [2.05, 4.69) is 16.7 Å². The Balaban J connectivity index is 1.61. The molecule has 2 aliphatic rings. The summed E-state index contributed by atoms with van der Waals surface area (Å²) in [6.45, 7) is 8.79. The van der Waals surface area contributed by atoms with Gasteiger partial charge in [0, 0.05) is 37.8 Å². The highest BCUT2D eigenvalue weighted by Crippen LogP contribution is 2.34. The van der Waals surface area contributed by atoms with E-state index in [0.717, 1.165) is 58.8 Å². The molecule has 3 rings (SSSR count). The van der Waals surface area contributed by atoms with Gasteiger partial charge in [-0.25, -0.2) is 8.78 Å². The Kier molecular flexibility index (Phi) is 5.62. The minimum absolute atomic E-state index is 0.0119. The first-order valence-electron chi connectivity index (χ1n) is 8.62. The molecule has 1 aromatic carbocycles. The molecular formula is C18H26F2N2O. The molecule has 2 atom stereocenters. The van der Waals surface area contributed by atoms with E-state index in [9.17, 15) is 8.78 Å². The number of morpholine rings is 1. The lowest BCUT2D eigenvalue weighted by atomic mass is 10.0. The molecule has 0 radical (unpaired) electrons. The Bertz CT molecular complexity index is 520. The number of likely N-dealkylation sites (tertiary alicyclic amines) is 1. The van der Waals surface area contributed by atoms with Crippen molar-refractivity contribution in [1.29, 1.82) is 0 Å². The van der Waals surface area contributed by atoms with Crippen LogP contribution in [0.3, 0.4) is 0 Å². The zero-order valence-corrected chi connectivity index (χ0v) is 13.8. The average molecular weight is 324 g/mol. The molecule has 0 bridgehead atoms. The molecule has 128 valence electrons. The van der Waals surface area contributed by atoms with Crippen molar-refractivity contribution in [3.63, 3.8) is 0 Å². The van der Waals surface area contributed by atoms with Crippen molar-refractivity contribution in [1.82, 2.24) is 9.80 Å². The highest BCUT2D eigenvalue weighted by atomic mass is 19.1. The summed E-state index contributed by atoms with van der Waals surface area (Å²) in [5.41, 5.74) is 0.515. The molecule has 0 aliphatic carbocycles. The predicted octanol–water partition coefficient (Wildman–Crippen LogP) is 3.07. The van der Waals surface area contributed by atoms with Gasteiger partial charge in [0.05, 0.1) is 13.2 Å². The van der Waals surface area contributed by atoms with Crippen molar-refractivity contribution < 1.29 is 13.5 Å². The Morgan fingerprint density at radius 3 is 2.74 bits per heavy atom. The first kappa shape index (κ1) is 16.8. The van der Waals surface area contributed by atoms with Crippen LogP contribution in [0.5, 0.6) is 0 Å². The summed E-state index contributed by atoms with van der Waals surface area (Å²) >= 11 is 0. The van der Waals surface area contributed by atoms with Crippen LogP contribution in [0.25, 0.3) is 0 Å². The van der Waals surface area contributed by atoms with Crippen molar-refractivity contribution in [2.45, 2.75) is 25.8 Å². The third-order valence-electron chi connectivity index (χ3n) is 4.90. The van der Waals surface area contributed by atoms with Gasteiger partial charge in [-0.2, -0.15) is 0 Å². The van der Waals surface area contributed by atoms with Gasteiger partial charge < -0.3 is 4.74 Å². The third-order valence-corrected chi connectivity index (χ3v) is 4.90. The predicted molar refractivity (Wildman–Crippen MR) is 86.3 cm³/mol. The van der Waals surface area contributed by atoms with Gasteiger partial charge in [0.1, 0.15) is 11.6 Å². The lowest BCUT2D eigenvalue weighted by Crippen LogP contribution is -2.41. The summed E-state index contributed by atoms with van der Waals surface area (Å²) in [6.07, 6.45) is 1.95. The zero-order chi connectivity index (χ0) is 16.2. The molecule has 23 heavy (non-hydrogen) atoms. The Morgan fingerprint density at radius 2 is 1.96 bits per heavy atom. The van der Waals surface area contributed by atoms with Crippen molar-refractivity contribution in [3.8, 4) is 0 Å². The maximum absolute atomic E-state index is 14.1. The van der Waals surface area contributed by atoms with Crippen molar-refractivity contribution in [3.05, 3.63) is 35.4 Å². The minimum Gasteiger partial charge on any atom is -0.379 e. The van der Waals surface area contributed by atoms with Gasteiger partial charge in [-0.3, -0.25) is 9.80 Å². The summed E-state index contributed by atoms with van der Waals surface area (Å²) in [4.78, 5) is 4.75. The van der Waals surface area contributed by atoms with Gasteiger partial charge in [0.2, 0.25) is 0 Å². The van der Waals surface area contributed by atoms with E-state index in [1.165, 1.54) is 18.2 Å². The van der Waals surface area contributed by atoms with Gasteiger partial charge in [0.15, 0.2) is 0 Å². The molecule has 1 aromatic rings. The molecule has 2 heterocycles. The van der Waals surface area contributed by atoms with Gasteiger partial charge in [-0.15, -0.1) is 0 Å². The van der Waals surface area contributed by atoms with Crippen LogP contribution in [0, 0.1) is 17.6 Å². The van der Waals surface area contributed by atoms with E-state index in [0.29, 0.717) is 11.5 Å². The molecule has 3 nitrogen and oxygen atoms in total. The summed E-state index contributed by atoms with van der Waals surface area (Å²) < 4.78 is 33.0. The number of hydrogen-bond donors (Lipinski definition) is 0. The van der Waals surface area contributed by atoms with Crippen LogP contribution in [0.1, 0.15) is 31.4 Å². The zero-order valence-electron chi connectivity index (χ0n) is 13.8. The van der Waals surface area contributed by atoms with E-state index >= 15 is 0 Å². The maximum Gasteiger partial charge on any atom is 0.128 e. The minimum atomic E-state index is -0.352. The smallest absolute Gasteiger partial charge is 0.128 e. The number of ether oxygens (including phenoxy) is 1. The summed E-state index contributed by atoms with van der Waals surface area (Å²) in [6, 6.07) is 3.82. The highest BCUT2D eigenvalue weighted by molar-refractivity contribution is 5.23. The summed E-state index contributed by atoms with van der Waals surface area (Å²) in [5.74, 6) is -0.135. The molecule has 0 N–H and O–H groups in total. The Labute approximate surface area is 137 Å². The van der Waals surface area contributed by atoms with E-state index in [1.807, 2.05) is 0 Å². The summed E-state index contributed by atoms with van der Waals surface area (Å²) in [5, 5.41) is 0. The quantitative estimate of drug-likeness (QED) is 0.828. The second-order valence-electron chi connectivity index (χ2n) is 6.84. The standard InChI is InChI=1S/C18H26F2N2O/c1-14(12-21-7-9-23-10-8-21)13-22-6-2-3-18(22)16-11-15(19)4-5-17(16)20/h4-5,11,14,18H,2-3,6-10,12-13H2,1H3/t14?,18-/m1/s1. The van der Waals surface area contributed by atoms with Gasteiger partial charge >= 0.3 is 0 Å². The van der Waals surface area contributed by atoms with Crippen LogP contribution in [0.15, 0.2) is 18.2 Å². The van der Waals surface area contributed by atoms with E-state index < -0.39 is 0 Å². The van der Waals surface area contributed by atoms with Crippen LogP contribution >= 0.6 is 0 Å². The fraction of sp³-hybridized carbons (Fsp3) is 0.667. The van der Waals surface area contributed by atoms with Gasteiger partial charge in [-0.05, 0) is 43.5 Å². The molecule has 0 amide bonds. The molecule has 2 aliphatic heterocycles. The number of rotatable bonds is 5. The lowest BCUT2D eigenvalue weighted by Gasteiger charge is -2.32. The number of hydrogen-bond acceptors (Lipinski definition) is 3. The van der Waals surface area contributed by atoms with Gasteiger partial charge in [0.25, 0.3) is 0 Å². The molecule has 0 spiro atoms. The monoisotopic (exact) mass is 324 g/mol.